The predicted molar refractivity (Wildman–Crippen MR) is 101 cm³/mol. The number of hydrogen-bond donors (Lipinski definition) is 0. The molecule has 1 aliphatic heterocycles. The molecule has 142 valence electrons. The Morgan fingerprint density at radius 3 is 2.32 bits per heavy atom. The molecule has 5 nitrogen and oxygen atoms in total. The highest BCUT2D eigenvalue weighted by Crippen LogP contribution is 2.34. The molecule has 1 heterocycles. The molecule has 0 aromatic heterocycles. The zero-order valence-corrected chi connectivity index (χ0v) is 16.6. The van der Waals surface area contributed by atoms with Gasteiger partial charge in [-0.2, -0.15) is 0 Å². The van der Waals surface area contributed by atoms with Crippen molar-refractivity contribution in [2.75, 3.05) is 45.8 Å². The Morgan fingerprint density at radius 2 is 1.80 bits per heavy atom. The SMILES string of the molecule is CC(=O)N1CCN(CCN(C[C@@H]2[C@H](C)CC(C)=C[C@@H]2C)C(C)=O)CC1. The molecule has 2 aliphatic rings. The summed E-state index contributed by atoms with van der Waals surface area (Å²) in [6.45, 7) is 16.1. The van der Waals surface area contributed by atoms with Crippen LogP contribution in [0.5, 0.6) is 0 Å². The molecule has 1 fully saturated rings. The van der Waals surface area contributed by atoms with E-state index in [9.17, 15) is 9.59 Å². The van der Waals surface area contributed by atoms with E-state index >= 15 is 0 Å². The lowest BCUT2D eigenvalue weighted by atomic mass is 9.75. The summed E-state index contributed by atoms with van der Waals surface area (Å²) < 4.78 is 0. The number of rotatable bonds is 5. The van der Waals surface area contributed by atoms with Crippen LogP contribution in [0.25, 0.3) is 0 Å². The van der Waals surface area contributed by atoms with E-state index in [1.165, 1.54) is 5.57 Å². The maximum Gasteiger partial charge on any atom is 0.219 e. The maximum atomic E-state index is 12.1. The molecule has 5 heteroatoms. The number of amides is 2. The third-order valence-electron chi connectivity index (χ3n) is 5.98. The molecule has 0 saturated carbocycles. The van der Waals surface area contributed by atoms with Crippen molar-refractivity contribution in [2.45, 2.75) is 41.0 Å². The number of carbonyl (C=O) groups excluding carboxylic acids is 2. The predicted octanol–water partition coefficient (Wildman–Crippen LogP) is 2.24. The average Bonchev–Trinajstić information content (AvgIpc) is 2.53. The smallest absolute Gasteiger partial charge is 0.219 e. The molecular weight excluding hydrogens is 314 g/mol. The Balaban J connectivity index is 1.85. The van der Waals surface area contributed by atoms with Crippen molar-refractivity contribution in [1.82, 2.24) is 14.7 Å². The van der Waals surface area contributed by atoms with Crippen molar-refractivity contribution in [3.63, 3.8) is 0 Å². The number of nitrogens with zero attached hydrogens (tertiary/aromatic N) is 3. The molecule has 0 spiro atoms. The van der Waals surface area contributed by atoms with Crippen molar-refractivity contribution < 1.29 is 9.59 Å². The minimum Gasteiger partial charge on any atom is -0.341 e. The lowest BCUT2D eigenvalue weighted by Gasteiger charge is -2.38. The van der Waals surface area contributed by atoms with Crippen LogP contribution in [0.1, 0.15) is 41.0 Å². The molecule has 2 amide bonds. The van der Waals surface area contributed by atoms with Gasteiger partial charge in [0.05, 0.1) is 0 Å². The summed E-state index contributed by atoms with van der Waals surface area (Å²) in [6.07, 6.45) is 3.53. The van der Waals surface area contributed by atoms with Crippen molar-refractivity contribution in [3.05, 3.63) is 11.6 Å². The zero-order chi connectivity index (χ0) is 18.6. The molecular formula is C20H35N3O2. The van der Waals surface area contributed by atoms with Crippen LogP contribution in [0, 0.1) is 17.8 Å². The molecule has 0 unspecified atom stereocenters. The lowest BCUT2D eigenvalue weighted by molar-refractivity contribution is -0.130. The van der Waals surface area contributed by atoms with Gasteiger partial charge in [0.15, 0.2) is 0 Å². The van der Waals surface area contributed by atoms with Gasteiger partial charge in [0, 0.05) is 59.7 Å². The van der Waals surface area contributed by atoms with Gasteiger partial charge in [-0.25, -0.2) is 0 Å². The minimum atomic E-state index is 0.161. The van der Waals surface area contributed by atoms with Crippen LogP contribution in [0.3, 0.4) is 0 Å². The molecule has 3 atom stereocenters. The second-order valence-corrected chi connectivity index (χ2v) is 8.03. The lowest BCUT2D eigenvalue weighted by Crippen LogP contribution is -2.50. The largest absolute Gasteiger partial charge is 0.341 e. The normalized spacial score (nSPS) is 27.8. The topological polar surface area (TPSA) is 43.9 Å². The summed E-state index contributed by atoms with van der Waals surface area (Å²) in [6, 6.07) is 0. The van der Waals surface area contributed by atoms with E-state index in [2.05, 4.69) is 31.7 Å². The molecule has 0 aromatic carbocycles. The first-order valence-corrected chi connectivity index (χ1v) is 9.68. The standard InChI is InChI=1S/C20H35N3O2/c1-15-12-16(2)20(17(3)13-15)14-23(19(5)25)11-8-21-6-9-22(10-7-21)18(4)24/h12,16-17,20H,6-11,13-14H2,1-5H3/t16-,17+,20-/m0/s1. The second-order valence-electron chi connectivity index (χ2n) is 8.03. The van der Waals surface area contributed by atoms with E-state index in [-0.39, 0.29) is 11.8 Å². The number of allylic oxidation sites excluding steroid dienone is 2. The van der Waals surface area contributed by atoms with Crippen LogP contribution in [0.2, 0.25) is 0 Å². The summed E-state index contributed by atoms with van der Waals surface area (Å²) >= 11 is 0. The fraction of sp³-hybridized carbons (Fsp3) is 0.800. The van der Waals surface area contributed by atoms with E-state index < -0.39 is 0 Å². The Kier molecular flexibility index (Phi) is 7.05. The molecule has 0 radical (unpaired) electrons. The van der Waals surface area contributed by atoms with Gasteiger partial charge >= 0.3 is 0 Å². The van der Waals surface area contributed by atoms with Gasteiger partial charge in [-0.15, -0.1) is 0 Å². The van der Waals surface area contributed by atoms with Gasteiger partial charge in [-0.05, 0) is 31.1 Å². The van der Waals surface area contributed by atoms with Crippen LogP contribution >= 0.6 is 0 Å². The van der Waals surface area contributed by atoms with E-state index in [1.807, 2.05) is 9.80 Å². The molecule has 1 aliphatic carbocycles. The monoisotopic (exact) mass is 349 g/mol. The van der Waals surface area contributed by atoms with Gasteiger partial charge in [-0.1, -0.05) is 25.5 Å². The van der Waals surface area contributed by atoms with Crippen LogP contribution in [-0.4, -0.2) is 72.3 Å². The molecule has 0 N–H and O–H groups in total. The average molecular weight is 350 g/mol. The van der Waals surface area contributed by atoms with Gasteiger partial charge in [0.1, 0.15) is 0 Å². The maximum absolute atomic E-state index is 12.1. The number of piperazine rings is 1. The van der Waals surface area contributed by atoms with Crippen LogP contribution in [0.4, 0.5) is 0 Å². The molecule has 25 heavy (non-hydrogen) atoms. The van der Waals surface area contributed by atoms with Crippen LogP contribution < -0.4 is 0 Å². The minimum absolute atomic E-state index is 0.161. The third-order valence-corrected chi connectivity index (χ3v) is 5.98. The molecule has 2 rings (SSSR count). The second kappa shape index (κ2) is 8.84. The van der Waals surface area contributed by atoms with E-state index in [0.717, 1.165) is 52.2 Å². The first-order valence-electron chi connectivity index (χ1n) is 9.68. The van der Waals surface area contributed by atoms with Crippen molar-refractivity contribution >= 4 is 11.8 Å². The number of hydrogen-bond acceptors (Lipinski definition) is 3. The van der Waals surface area contributed by atoms with Crippen LogP contribution in [0.15, 0.2) is 11.6 Å². The Hall–Kier alpha value is -1.36. The first-order chi connectivity index (χ1) is 11.8. The van der Waals surface area contributed by atoms with E-state index in [1.54, 1.807) is 13.8 Å². The highest BCUT2D eigenvalue weighted by molar-refractivity contribution is 5.73. The van der Waals surface area contributed by atoms with Crippen molar-refractivity contribution in [2.24, 2.45) is 17.8 Å². The first kappa shape index (κ1) is 20.0. The zero-order valence-electron chi connectivity index (χ0n) is 16.6. The highest BCUT2D eigenvalue weighted by Gasteiger charge is 2.29. The van der Waals surface area contributed by atoms with Crippen molar-refractivity contribution in [3.8, 4) is 0 Å². The summed E-state index contributed by atoms with van der Waals surface area (Å²) in [5.74, 6) is 2.04. The Bertz CT molecular complexity index is 509. The van der Waals surface area contributed by atoms with Gasteiger partial charge in [-0.3, -0.25) is 14.5 Å². The quantitative estimate of drug-likeness (QED) is 0.715. The fourth-order valence-electron chi connectivity index (χ4n) is 4.34. The van der Waals surface area contributed by atoms with Crippen molar-refractivity contribution in [1.29, 1.82) is 0 Å². The van der Waals surface area contributed by atoms with Crippen LogP contribution in [-0.2, 0) is 9.59 Å². The highest BCUT2D eigenvalue weighted by atomic mass is 16.2. The molecule has 1 saturated heterocycles. The van der Waals surface area contributed by atoms with E-state index in [4.69, 9.17) is 0 Å². The fourth-order valence-corrected chi connectivity index (χ4v) is 4.34. The summed E-state index contributed by atoms with van der Waals surface area (Å²) in [7, 11) is 0. The van der Waals surface area contributed by atoms with Gasteiger partial charge < -0.3 is 9.80 Å². The van der Waals surface area contributed by atoms with Gasteiger partial charge in [0.25, 0.3) is 0 Å². The summed E-state index contributed by atoms with van der Waals surface area (Å²) in [4.78, 5) is 29.9. The number of carbonyl (C=O) groups is 2. The third kappa shape index (κ3) is 5.56. The van der Waals surface area contributed by atoms with Gasteiger partial charge in [0.2, 0.25) is 11.8 Å². The summed E-state index contributed by atoms with van der Waals surface area (Å²) in [5, 5.41) is 0. The van der Waals surface area contributed by atoms with E-state index in [0.29, 0.717) is 17.8 Å². The summed E-state index contributed by atoms with van der Waals surface area (Å²) in [5.41, 5.74) is 1.48. The Morgan fingerprint density at radius 1 is 1.16 bits per heavy atom. The molecule has 0 bridgehead atoms. The Labute approximate surface area is 153 Å². The molecule has 0 aromatic rings.